The van der Waals surface area contributed by atoms with Gasteiger partial charge in [0.05, 0.1) is 17.8 Å². The van der Waals surface area contributed by atoms with Crippen molar-refractivity contribution in [3.63, 3.8) is 0 Å². The lowest BCUT2D eigenvalue weighted by molar-refractivity contribution is -0.121. The topological polar surface area (TPSA) is 100 Å². The van der Waals surface area contributed by atoms with Gasteiger partial charge >= 0.3 is 0 Å². The minimum atomic E-state index is -0.159. The quantitative estimate of drug-likeness (QED) is 0.444. The van der Waals surface area contributed by atoms with Crippen LogP contribution in [0, 0.1) is 12.8 Å². The molecule has 0 atom stereocenters. The lowest BCUT2D eigenvalue weighted by atomic mass is 9.95. The van der Waals surface area contributed by atoms with E-state index < -0.39 is 0 Å². The smallest absolute Gasteiger partial charge is 0.253 e. The average molecular weight is 476 g/mol. The molecule has 1 aliphatic rings. The summed E-state index contributed by atoms with van der Waals surface area (Å²) in [5.41, 5.74) is 3.14. The van der Waals surface area contributed by atoms with Gasteiger partial charge in [-0.15, -0.1) is 0 Å². The first kappa shape index (κ1) is 24.6. The summed E-state index contributed by atoms with van der Waals surface area (Å²) in [5, 5.41) is 10.0. The predicted octanol–water partition coefficient (Wildman–Crippen LogP) is 4.43. The molecule has 0 bridgehead atoms. The molecule has 2 aromatic carbocycles. The van der Waals surface area contributed by atoms with Crippen LogP contribution < -0.4 is 10.6 Å². The number of benzene rings is 2. The molecule has 1 aromatic heterocycles. The summed E-state index contributed by atoms with van der Waals surface area (Å²) >= 11 is 0. The number of likely N-dealkylation sites (tertiary alicyclic amines) is 1. The Bertz CT molecular complexity index is 1150. The van der Waals surface area contributed by atoms with Crippen LogP contribution >= 0.6 is 0 Å². The summed E-state index contributed by atoms with van der Waals surface area (Å²) in [4.78, 5) is 32.3. The fraction of sp³-hybridized carbons (Fsp3) is 0.407. The van der Waals surface area contributed by atoms with Gasteiger partial charge in [-0.2, -0.15) is 4.98 Å². The van der Waals surface area contributed by atoms with Gasteiger partial charge in [0.2, 0.25) is 17.6 Å². The van der Waals surface area contributed by atoms with Gasteiger partial charge in [0.1, 0.15) is 0 Å². The Balaban J connectivity index is 1.29. The van der Waals surface area contributed by atoms with Crippen LogP contribution in [0.2, 0.25) is 0 Å². The average Bonchev–Trinajstić information content (AvgIpc) is 3.33. The number of carbonyl (C=O) groups is 2. The van der Waals surface area contributed by atoms with E-state index in [1.807, 2.05) is 43.3 Å². The number of nitrogens with zero attached hydrogens (tertiary/aromatic N) is 3. The molecule has 8 heteroatoms. The van der Waals surface area contributed by atoms with Crippen LogP contribution in [0.1, 0.15) is 54.4 Å². The molecular weight excluding hydrogens is 442 g/mol. The number of anilines is 1. The van der Waals surface area contributed by atoms with Gasteiger partial charge in [0.15, 0.2) is 0 Å². The third kappa shape index (κ3) is 6.54. The Hall–Kier alpha value is -3.52. The summed E-state index contributed by atoms with van der Waals surface area (Å²) < 4.78 is 5.47. The zero-order valence-corrected chi connectivity index (χ0v) is 20.4. The summed E-state index contributed by atoms with van der Waals surface area (Å²) in [5.74, 6) is 0.863. The molecule has 0 spiro atoms. The van der Waals surface area contributed by atoms with E-state index in [2.05, 4.69) is 32.6 Å². The van der Waals surface area contributed by atoms with Gasteiger partial charge in [0.25, 0.3) is 5.91 Å². The van der Waals surface area contributed by atoms with E-state index in [1.54, 1.807) is 12.1 Å². The van der Waals surface area contributed by atoms with Crippen LogP contribution in [0.3, 0.4) is 0 Å². The molecule has 0 radical (unpaired) electrons. The molecule has 8 nitrogen and oxygen atoms in total. The van der Waals surface area contributed by atoms with Crippen molar-refractivity contribution >= 4 is 17.5 Å². The first-order valence-electron chi connectivity index (χ1n) is 12.3. The molecule has 1 aliphatic heterocycles. The fourth-order valence-corrected chi connectivity index (χ4v) is 4.26. The summed E-state index contributed by atoms with van der Waals surface area (Å²) in [7, 11) is 0. The van der Waals surface area contributed by atoms with E-state index in [9.17, 15) is 9.59 Å². The molecule has 2 N–H and O–H groups in total. The zero-order chi connectivity index (χ0) is 24.6. The second kappa shape index (κ2) is 11.8. The highest BCUT2D eigenvalue weighted by atomic mass is 16.5. The highest BCUT2D eigenvalue weighted by Crippen LogP contribution is 2.23. The molecule has 3 aromatic rings. The second-order valence-electron chi connectivity index (χ2n) is 9.08. The third-order valence-corrected chi connectivity index (χ3v) is 6.31. The van der Waals surface area contributed by atoms with Gasteiger partial charge in [-0.05, 0) is 57.5 Å². The number of amides is 2. The van der Waals surface area contributed by atoms with Gasteiger partial charge in [-0.1, -0.05) is 54.4 Å². The van der Waals surface area contributed by atoms with E-state index >= 15 is 0 Å². The Morgan fingerprint density at radius 1 is 1.11 bits per heavy atom. The number of unbranched alkanes of at least 4 members (excludes halogenated alkanes) is 1. The molecule has 2 heterocycles. The number of aromatic nitrogens is 2. The standard InChI is InChI=1S/C27H33N5O3/c1-3-4-14-28-27(34)22-10-5-6-11-23(22)29-26(33)20-12-15-32(16-13-20)18-24-30-25(31-35-24)21-9-7-8-19(2)17-21/h5-11,17,20H,3-4,12-16,18H2,1-2H3,(H,28,34)(H,29,33). The van der Waals surface area contributed by atoms with Crippen molar-refractivity contribution in [3.05, 3.63) is 65.5 Å². The highest BCUT2D eigenvalue weighted by molar-refractivity contribution is 6.04. The van der Waals surface area contributed by atoms with E-state index in [-0.39, 0.29) is 17.7 Å². The molecular formula is C27H33N5O3. The Labute approximate surface area is 206 Å². The van der Waals surface area contributed by atoms with Crippen molar-refractivity contribution in [1.29, 1.82) is 0 Å². The van der Waals surface area contributed by atoms with Crippen LogP contribution in [0.25, 0.3) is 11.4 Å². The fourth-order valence-electron chi connectivity index (χ4n) is 4.26. The molecule has 1 fully saturated rings. The Morgan fingerprint density at radius 3 is 2.69 bits per heavy atom. The van der Waals surface area contributed by atoms with Crippen molar-refractivity contribution in [2.24, 2.45) is 5.92 Å². The maximum atomic E-state index is 13.0. The third-order valence-electron chi connectivity index (χ3n) is 6.31. The van der Waals surface area contributed by atoms with Gasteiger partial charge in [0, 0.05) is 18.0 Å². The maximum Gasteiger partial charge on any atom is 0.253 e. The van der Waals surface area contributed by atoms with Crippen LogP contribution in [0.15, 0.2) is 53.1 Å². The first-order chi connectivity index (χ1) is 17.0. The van der Waals surface area contributed by atoms with Crippen LogP contribution in [-0.2, 0) is 11.3 Å². The lowest BCUT2D eigenvalue weighted by Gasteiger charge is -2.30. The SMILES string of the molecule is CCCCNC(=O)c1ccccc1NC(=O)C1CCN(Cc2nc(-c3cccc(C)c3)no2)CC1. The largest absolute Gasteiger partial charge is 0.352 e. The summed E-state index contributed by atoms with van der Waals surface area (Å²) in [6.45, 7) is 6.83. The predicted molar refractivity (Wildman–Crippen MR) is 135 cm³/mol. The molecule has 4 rings (SSSR count). The summed E-state index contributed by atoms with van der Waals surface area (Å²) in [6.07, 6.45) is 3.40. The van der Waals surface area contributed by atoms with Crippen molar-refractivity contribution in [3.8, 4) is 11.4 Å². The van der Waals surface area contributed by atoms with E-state index in [0.29, 0.717) is 36.1 Å². The number of aryl methyl sites for hydroxylation is 1. The van der Waals surface area contributed by atoms with E-state index in [1.165, 1.54) is 0 Å². The number of hydrogen-bond acceptors (Lipinski definition) is 6. The molecule has 184 valence electrons. The molecule has 1 saturated heterocycles. The number of para-hydroxylation sites is 1. The second-order valence-corrected chi connectivity index (χ2v) is 9.08. The van der Waals surface area contributed by atoms with Crippen molar-refractivity contribution in [2.45, 2.75) is 46.1 Å². The molecule has 0 aliphatic carbocycles. The van der Waals surface area contributed by atoms with E-state index in [0.717, 1.165) is 49.9 Å². The Kier molecular flexibility index (Phi) is 8.26. The van der Waals surface area contributed by atoms with Crippen molar-refractivity contribution in [2.75, 3.05) is 25.0 Å². The molecule has 35 heavy (non-hydrogen) atoms. The Morgan fingerprint density at radius 2 is 1.91 bits per heavy atom. The van der Waals surface area contributed by atoms with E-state index in [4.69, 9.17) is 4.52 Å². The highest BCUT2D eigenvalue weighted by Gasteiger charge is 2.27. The number of nitrogens with one attached hydrogen (secondary N) is 2. The van der Waals surface area contributed by atoms with Gasteiger partial charge < -0.3 is 15.2 Å². The van der Waals surface area contributed by atoms with Crippen molar-refractivity contribution < 1.29 is 14.1 Å². The number of piperidine rings is 1. The minimum absolute atomic E-state index is 0.0435. The normalized spacial score (nSPS) is 14.6. The number of carbonyl (C=O) groups excluding carboxylic acids is 2. The molecule has 0 unspecified atom stereocenters. The number of hydrogen-bond donors (Lipinski definition) is 2. The van der Waals surface area contributed by atoms with Gasteiger partial charge in [-0.3, -0.25) is 14.5 Å². The van der Waals surface area contributed by atoms with Gasteiger partial charge in [-0.25, -0.2) is 0 Å². The van der Waals surface area contributed by atoms with Crippen LogP contribution in [0.5, 0.6) is 0 Å². The van der Waals surface area contributed by atoms with Crippen LogP contribution in [-0.4, -0.2) is 46.5 Å². The monoisotopic (exact) mass is 475 g/mol. The molecule has 2 amide bonds. The minimum Gasteiger partial charge on any atom is -0.352 e. The van der Waals surface area contributed by atoms with Crippen molar-refractivity contribution in [1.82, 2.24) is 20.4 Å². The first-order valence-corrected chi connectivity index (χ1v) is 12.3. The maximum absolute atomic E-state index is 13.0. The lowest BCUT2D eigenvalue weighted by Crippen LogP contribution is -2.38. The van der Waals surface area contributed by atoms with Crippen LogP contribution in [0.4, 0.5) is 5.69 Å². The zero-order valence-electron chi connectivity index (χ0n) is 20.4. The molecule has 0 saturated carbocycles. The summed E-state index contributed by atoms with van der Waals surface area (Å²) in [6, 6.07) is 15.2. The number of rotatable bonds is 9.